The molecule has 0 saturated carbocycles. The molecule has 1 aromatic carbocycles. The smallest absolute Gasteiger partial charge is 0.272 e. The fourth-order valence-corrected chi connectivity index (χ4v) is 2.17. The van der Waals surface area contributed by atoms with E-state index in [1.165, 1.54) is 0 Å². The summed E-state index contributed by atoms with van der Waals surface area (Å²) in [6.07, 6.45) is 2.31. The Bertz CT molecular complexity index is 584. The first-order chi connectivity index (χ1) is 10.0. The molecule has 0 unspecified atom stereocenters. The van der Waals surface area contributed by atoms with Crippen molar-refractivity contribution in [3.63, 3.8) is 0 Å². The summed E-state index contributed by atoms with van der Waals surface area (Å²) in [6.45, 7) is 6.03. The average Bonchev–Trinajstić information content (AvgIpc) is 2.48. The molecule has 1 aromatic rings. The van der Waals surface area contributed by atoms with E-state index in [-0.39, 0.29) is 32.7 Å². The number of alkyl halides is 2. The first-order valence-corrected chi connectivity index (χ1v) is 6.88. The molecular weight excluding hydrogens is 385 g/mol. The van der Waals surface area contributed by atoms with Crippen LogP contribution in [-0.2, 0) is 32.7 Å². The second kappa shape index (κ2) is 8.80. The topological polar surface area (TPSA) is 12.5 Å². The van der Waals surface area contributed by atoms with Gasteiger partial charge in [0.1, 0.15) is 12.4 Å². The summed E-state index contributed by atoms with van der Waals surface area (Å²) in [7, 11) is 0. The molecule has 0 saturated heterocycles. The van der Waals surface area contributed by atoms with Crippen LogP contribution in [0.25, 0.3) is 5.70 Å². The zero-order valence-corrected chi connectivity index (χ0v) is 15.7. The first kappa shape index (κ1) is 19.3. The standard InChI is InChI=1S/C16H15ClF2NO.Y/c1-3-20-11(2)14(17)8-9-15(20)12-4-6-13(7-5-12)21-10-16(18)19;/h4-8,16H,2-3,10H2,1H3;/q-1;. The van der Waals surface area contributed by atoms with Crippen LogP contribution in [0.2, 0.25) is 0 Å². The van der Waals surface area contributed by atoms with Crippen LogP contribution in [0.4, 0.5) is 8.78 Å². The number of halogens is 3. The maximum absolute atomic E-state index is 12.1. The third kappa shape index (κ3) is 4.64. The van der Waals surface area contributed by atoms with Gasteiger partial charge >= 0.3 is 0 Å². The molecule has 1 aliphatic heterocycles. The number of nitrogens with zero attached hydrogens (tertiary/aromatic N) is 1. The third-order valence-electron chi connectivity index (χ3n) is 3.03. The normalized spacial score (nSPS) is 14.4. The van der Waals surface area contributed by atoms with Crippen molar-refractivity contribution in [3.05, 3.63) is 59.3 Å². The fraction of sp³-hybridized carbons (Fsp3) is 0.250. The number of hydrogen-bond acceptors (Lipinski definition) is 2. The second-order valence-corrected chi connectivity index (χ2v) is 4.81. The van der Waals surface area contributed by atoms with Crippen LogP contribution in [0.15, 0.2) is 47.6 Å². The van der Waals surface area contributed by atoms with Crippen LogP contribution >= 0.6 is 11.6 Å². The van der Waals surface area contributed by atoms with Gasteiger partial charge in [-0.25, -0.2) is 8.78 Å². The average molecular weight is 400 g/mol. The van der Waals surface area contributed by atoms with Crippen molar-refractivity contribution in [2.45, 2.75) is 13.3 Å². The minimum absolute atomic E-state index is 0. The van der Waals surface area contributed by atoms with Gasteiger partial charge in [-0.3, -0.25) is 0 Å². The summed E-state index contributed by atoms with van der Waals surface area (Å²) in [5.74, 6) is 0.408. The molecule has 0 amide bonds. The Morgan fingerprint density at radius 2 is 1.95 bits per heavy atom. The molecule has 115 valence electrons. The monoisotopic (exact) mass is 399 g/mol. The second-order valence-electron chi connectivity index (χ2n) is 4.40. The summed E-state index contributed by atoms with van der Waals surface area (Å²) in [5, 5.41) is 0.553. The summed E-state index contributed by atoms with van der Waals surface area (Å²) < 4.78 is 29.1. The molecule has 6 heteroatoms. The minimum Gasteiger partial charge on any atom is -0.488 e. The van der Waals surface area contributed by atoms with Crippen molar-refractivity contribution in [2.75, 3.05) is 13.2 Å². The zero-order chi connectivity index (χ0) is 15.4. The van der Waals surface area contributed by atoms with E-state index in [4.69, 9.17) is 16.3 Å². The van der Waals surface area contributed by atoms with Crippen molar-refractivity contribution in [1.82, 2.24) is 4.90 Å². The van der Waals surface area contributed by atoms with Gasteiger partial charge < -0.3 is 9.64 Å². The van der Waals surface area contributed by atoms with E-state index in [1.807, 2.05) is 11.8 Å². The van der Waals surface area contributed by atoms with Gasteiger partial charge in [0.2, 0.25) is 0 Å². The molecule has 0 spiro atoms. The van der Waals surface area contributed by atoms with Gasteiger partial charge in [0.05, 0.1) is 0 Å². The fourth-order valence-electron chi connectivity index (χ4n) is 2.01. The quantitative estimate of drug-likeness (QED) is 0.679. The van der Waals surface area contributed by atoms with Crippen LogP contribution in [0.3, 0.4) is 0 Å². The molecule has 1 aliphatic rings. The molecule has 1 radical (unpaired) electrons. The van der Waals surface area contributed by atoms with E-state index in [2.05, 4.69) is 12.7 Å². The van der Waals surface area contributed by atoms with Crippen LogP contribution in [-0.4, -0.2) is 24.5 Å². The Labute approximate surface area is 159 Å². The molecule has 2 nitrogen and oxygen atoms in total. The molecule has 0 aromatic heterocycles. The largest absolute Gasteiger partial charge is 0.488 e. The molecule has 1 heterocycles. The molecule has 22 heavy (non-hydrogen) atoms. The Balaban J connectivity index is 0.00000242. The summed E-state index contributed by atoms with van der Waals surface area (Å²) >= 11 is 6.04. The SMILES string of the molecule is C=C1C(Cl)=C[C-]=C(c2ccc(OCC(F)F)cc2)N1CC.[Y]. The number of likely N-dealkylation sites (N-methyl/N-ethyl adjacent to an activating group) is 1. The van der Waals surface area contributed by atoms with Gasteiger partial charge in [0.15, 0.2) is 0 Å². The number of benzene rings is 1. The maximum atomic E-state index is 12.1. The predicted molar refractivity (Wildman–Crippen MR) is 80.0 cm³/mol. The van der Waals surface area contributed by atoms with Crippen molar-refractivity contribution in [2.24, 2.45) is 0 Å². The number of ether oxygens (including phenoxy) is 1. The molecule has 0 N–H and O–H groups in total. The van der Waals surface area contributed by atoms with Gasteiger partial charge in [-0.2, -0.15) is 23.8 Å². The van der Waals surface area contributed by atoms with Crippen molar-refractivity contribution in [1.29, 1.82) is 0 Å². The van der Waals surface area contributed by atoms with E-state index in [0.717, 1.165) is 11.3 Å². The maximum Gasteiger partial charge on any atom is 0.272 e. The molecule has 0 fully saturated rings. The van der Waals surface area contributed by atoms with Crippen LogP contribution in [0, 0.1) is 6.08 Å². The number of allylic oxidation sites excluding steroid dienone is 3. The Kier molecular flexibility index (Phi) is 7.74. The Morgan fingerprint density at radius 3 is 2.50 bits per heavy atom. The summed E-state index contributed by atoms with van der Waals surface area (Å²) in [5.41, 5.74) is 2.45. The van der Waals surface area contributed by atoms with Crippen LogP contribution in [0.5, 0.6) is 5.75 Å². The summed E-state index contributed by atoms with van der Waals surface area (Å²) in [4.78, 5) is 1.94. The van der Waals surface area contributed by atoms with E-state index in [9.17, 15) is 8.78 Å². The van der Waals surface area contributed by atoms with Gasteiger partial charge in [-0.1, -0.05) is 17.8 Å². The number of hydrogen-bond donors (Lipinski definition) is 0. The molecule has 0 bridgehead atoms. The van der Waals surface area contributed by atoms with E-state index in [0.29, 0.717) is 23.0 Å². The van der Waals surface area contributed by atoms with E-state index in [1.54, 1.807) is 30.3 Å². The molecule has 0 aliphatic carbocycles. The first-order valence-electron chi connectivity index (χ1n) is 6.50. The Hall–Kier alpha value is -0.706. The van der Waals surface area contributed by atoms with Crippen LogP contribution < -0.4 is 4.74 Å². The van der Waals surface area contributed by atoms with E-state index >= 15 is 0 Å². The van der Waals surface area contributed by atoms with E-state index < -0.39 is 13.0 Å². The van der Waals surface area contributed by atoms with Crippen molar-refractivity contribution < 1.29 is 46.2 Å². The summed E-state index contributed by atoms with van der Waals surface area (Å²) in [6, 6.07) is 6.91. The molecular formula is C16H15ClF2NOY-. The Morgan fingerprint density at radius 1 is 1.32 bits per heavy atom. The van der Waals surface area contributed by atoms with Crippen molar-refractivity contribution in [3.8, 4) is 5.75 Å². The van der Waals surface area contributed by atoms with Gasteiger partial charge in [-0.15, -0.1) is 12.1 Å². The van der Waals surface area contributed by atoms with Crippen molar-refractivity contribution >= 4 is 17.3 Å². The predicted octanol–water partition coefficient (Wildman–Crippen LogP) is 4.44. The van der Waals surface area contributed by atoms with Gasteiger partial charge in [0.25, 0.3) is 6.43 Å². The molecule has 0 atom stereocenters. The third-order valence-corrected chi connectivity index (χ3v) is 3.35. The minimum atomic E-state index is -2.48. The van der Waals surface area contributed by atoms with Gasteiger partial charge in [0, 0.05) is 39.3 Å². The molecule has 2 rings (SSSR count). The zero-order valence-electron chi connectivity index (χ0n) is 12.2. The van der Waals surface area contributed by atoms with Gasteiger partial charge in [-0.05, 0) is 29.8 Å². The number of rotatable bonds is 5. The van der Waals surface area contributed by atoms with Crippen LogP contribution in [0.1, 0.15) is 12.5 Å².